The number of nitrogens with two attached hydrogens (primary N) is 1. The summed E-state index contributed by atoms with van der Waals surface area (Å²) in [6.07, 6.45) is -0.256. The fourth-order valence-corrected chi connectivity index (χ4v) is 3.31. The summed E-state index contributed by atoms with van der Waals surface area (Å²) in [4.78, 5) is 23.9. The molecule has 0 saturated heterocycles. The number of rotatable bonds is 8. The van der Waals surface area contributed by atoms with E-state index in [1.165, 1.54) is 4.90 Å². The molecule has 0 aliphatic heterocycles. The van der Waals surface area contributed by atoms with Gasteiger partial charge in [0.05, 0.1) is 6.04 Å². The van der Waals surface area contributed by atoms with Crippen LogP contribution in [0.25, 0.3) is 0 Å². The third-order valence-electron chi connectivity index (χ3n) is 4.26. The van der Waals surface area contributed by atoms with E-state index in [0.29, 0.717) is 25.9 Å². The van der Waals surface area contributed by atoms with Crippen LogP contribution in [0, 0.1) is 23.7 Å². The van der Waals surface area contributed by atoms with E-state index >= 15 is 0 Å². The van der Waals surface area contributed by atoms with Gasteiger partial charge in [0.2, 0.25) is 0 Å². The van der Waals surface area contributed by atoms with Crippen LogP contribution in [0.3, 0.4) is 0 Å². The van der Waals surface area contributed by atoms with Crippen LogP contribution in [-0.2, 0) is 16.1 Å². The third kappa shape index (κ3) is 19.1. The number of nitrogens with one attached hydrogen (secondary N) is 2. The van der Waals surface area contributed by atoms with Crippen molar-refractivity contribution >= 4 is 23.5 Å². The van der Waals surface area contributed by atoms with Crippen LogP contribution >= 0.6 is 0 Å². The van der Waals surface area contributed by atoms with Gasteiger partial charge in [-0.3, -0.25) is 0 Å². The number of hydrogen-bond donors (Lipinski definition) is 4. The maximum atomic E-state index is 12.1. The predicted octanol–water partition coefficient (Wildman–Crippen LogP) is 3.85. The molecule has 0 aromatic carbocycles. The second-order valence-corrected chi connectivity index (χ2v) is 13.1. The summed E-state index contributed by atoms with van der Waals surface area (Å²) >= 11 is -1.23. The lowest BCUT2D eigenvalue weighted by molar-refractivity contribution is 0.0527. The van der Waals surface area contributed by atoms with Crippen molar-refractivity contribution in [2.75, 3.05) is 13.1 Å². The van der Waals surface area contributed by atoms with E-state index < -0.39 is 34.7 Å². The van der Waals surface area contributed by atoms with Gasteiger partial charge in [-0.1, -0.05) is 11.8 Å². The lowest BCUT2D eigenvalue weighted by atomic mass is 10.1. The Hall–Kier alpha value is -2.11. The fourth-order valence-electron chi connectivity index (χ4n) is 2.52. The van der Waals surface area contributed by atoms with Crippen molar-refractivity contribution in [3.8, 4) is 23.7 Å². The molecule has 5 N–H and O–H groups in total. The van der Waals surface area contributed by atoms with Crippen molar-refractivity contribution in [1.29, 1.82) is 0 Å². The Labute approximate surface area is 222 Å². The molecule has 0 bridgehead atoms. The Morgan fingerprint density at radius 3 is 1.94 bits per heavy atom. The molecular formula is C26H48N4O5S. The predicted molar refractivity (Wildman–Crippen MR) is 148 cm³/mol. The van der Waals surface area contributed by atoms with Crippen molar-refractivity contribution in [3.63, 3.8) is 0 Å². The molecule has 0 heterocycles. The van der Waals surface area contributed by atoms with Crippen molar-refractivity contribution in [1.82, 2.24) is 14.9 Å². The highest BCUT2D eigenvalue weighted by Gasteiger charge is 2.30. The van der Waals surface area contributed by atoms with Gasteiger partial charge in [-0.15, -0.1) is 16.6 Å². The average Bonchev–Trinajstić information content (AvgIpc) is 2.65. The minimum atomic E-state index is -1.23. The Morgan fingerprint density at radius 2 is 1.56 bits per heavy atom. The molecule has 1 unspecified atom stereocenters. The maximum Gasteiger partial charge on any atom is 0.407 e. The Kier molecular flexibility index (Phi) is 16.6. The second-order valence-electron chi connectivity index (χ2n) is 11.1. The number of carbonyl (C=O) groups is 2. The van der Waals surface area contributed by atoms with E-state index in [4.69, 9.17) is 10.5 Å². The standard InChI is InChI=1S/C15H28N2O3S.C11H20N2O2/c1-8-9-12(16-21(20)15(5,6)7)10-11-17(13(18)19)14(2,3)4;1-5-6-9(12)7-8-13-10(14)15-11(2,3)4/h12,16H,10-11H2,1-7H3,(H,18,19);9H,7-8,12H2,1-4H3,(H,13,14)/t12-,21?;9-/m00/s1. The van der Waals surface area contributed by atoms with Gasteiger partial charge in [0, 0.05) is 30.0 Å². The number of nitrogens with zero attached hydrogens (tertiary/aromatic N) is 1. The van der Waals surface area contributed by atoms with E-state index in [9.17, 15) is 19.2 Å². The second kappa shape index (κ2) is 16.6. The van der Waals surface area contributed by atoms with Gasteiger partial charge >= 0.3 is 12.2 Å². The molecule has 0 aliphatic rings. The Morgan fingerprint density at radius 1 is 1.03 bits per heavy atom. The van der Waals surface area contributed by atoms with Crippen LogP contribution in [-0.4, -0.2) is 67.8 Å². The molecule has 0 radical (unpaired) electrons. The molecule has 0 rings (SSSR count). The summed E-state index contributed by atoms with van der Waals surface area (Å²) in [5.74, 6) is 11.3. The van der Waals surface area contributed by atoms with Gasteiger partial charge in [-0.05, 0) is 89.0 Å². The Balaban J connectivity index is 0. The van der Waals surface area contributed by atoms with E-state index in [0.717, 1.165) is 0 Å². The fraction of sp³-hybridized carbons (Fsp3) is 0.769. The van der Waals surface area contributed by atoms with E-state index in [1.807, 2.05) is 62.3 Å². The van der Waals surface area contributed by atoms with Crippen molar-refractivity contribution in [2.24, 2.45) is 5.73 Å². The lowest BCUT2D eigenvalue weighted by Crippen LogP contribution is -2.49. The average molecular weight is 529 g/mol. The molecule has 10 heteroatoms. The van der Waals surface area contributed by atoms with E-state index in [1.54, 1.807) is 13.8 Å². The molecule has 0 fully saturated rings. The van der Waals surface area contributed by atoms with Gasteiger partial charge < -0.3 is 30.3 Å². The minimum absolute atomic E-state index is 0.190. The molecule has 0 aromatic heterocycles. The highest BCUT2D eigenvalue weighted by atomic mass is 32.2. The van der Waals surface area contributed by atoms with Crippen molar-refractivity contribution in [3.05, 3.63) is 0 Å². The first-order valence-electron chi connectivity index (χ1n) is 12.0. The first kappa shape index (κ1) is 36.0. The molecular weight excluding hydrogens is 480 g/mol. The SMILES string of the molecule is CC#C[C@@H](CCN(C(=O)O)C(C)(C)C)N[S+]([O-])C(C)(C)C.CC#C[C@H](N)CCNC(=O)OC(C)(C)C. The van der Waals surface area contributed by atoms with Crippen LogP contribution in [0.5, 0.6) is 0 Å². The van der Waals surface area contributed by atoms with Gasteiger partial charge in [0.1, 0.15) is 16.4 Å². The molecule has 0 spiro atoms. The first-order valence-corrected chi connectivity index (χ1v) is 13.1. The highest BCUT2D eigenvalue weighted by Crippen LogP contribution is 2.17. The topological polar surface area (TPSA) is 140 Å². The minimum Gasteiger partial charge on any atom is -0.598 e. The zero-order chi connectivity index (χ0) is 28.7. The van der Waals surface area contributed by atoms with E-state index in [2.05, 4.69) is 33.7 Å². The molecule has 0 aromatic rings. The number of hydrogen-bond acceptors (Lipinski definition) is 6. The third-order valence-corrected chi connectivity index (χ3v) is 5.87. The monoisotopic (exact) mass is 528 g/mol. The molecule has 2 amide bonds. The van der Waals surface area contributed by atoms with Crippen molar-refractivity contribution < 1.29 is 24.0 Å². The van der Waals surface area contributed by atoms with Gasteiger partial charge in [-0.25, -0.2) is 9.59 Å². The molecule has 9 nitrogen and oxygen atoms in total. The zero-order valence-corrected chi connectivity index (χ0v) is 24.8. The summed E-state index contributed by atoms with van der Waals surface area (Å²) in [6.45, 7) is 20.9. The zero-order valence-electron chi connectivity index (χ0n) is 24.0. The van der Waals surface area contributed by atoms with Crippen LogP contribution in [0.15, 0.2) is 0 Å². The van der Waals surface area contributed by atoms with E-state index in [-0.39, 0.29) is 16.8 Å². The lowest BCUT2D eigenvalue weighted by Gasteiger charge is -2.34. The molecule has 208 valence electrons. The summed E-state index contributed by atoms with van der Waals surface area (Å²) in [5.41, 5.74) is 4.70. The van der Waals surface area contributed by atoms with Crippen LogP contribution in [0.2, 0.25) is 0 Å². The molecule has 3 atom stereocenters. The summed E-state index contributed by atoms with van der Waals surface area (Å²) in [6, 6.07) is -0.482. The molecule has 36 heavy (non-hydrogen) atoms. The normalized spacial score (nSPS) is 13.8. The molecule has 0 saturated carbocycles. The number of carbonyl (C=O) groups excluding carboxylic acids is 1. The smallest absolute Gasteiger partial charge is 0.407 e. The summed E-state index contributed by atoms with van der Waals surface area (Å²) in [5, 5.41) is 11.9. The maximum absolute atomic E-state index is 12.1. The largest absolute Gasteiger partial charge is 0.598 e. The van der Waals surface area contributed by atoms with Crippen LogP contribution in [0.4, 0.5) is 9.59 Å². The van der Waals surface area contributed by atoms with Crippen LogP contribution in [0.1, 0.15) is 89.0 Å². The molecule has 0 aliphatic carbocycles. The Bertz CT molecular complexity index is 792. The van der Waals surface area contributed by atoms with Gasteiger partial charge in [0.15, 0.2) is 0 Å². The first-order chi connectivity index (χ1) is 16.2. The van der Waals surface area contributed by atoms with Crippen LogP contribution < -0.4 is 15.8 Å². The number of carboxylic acid groups (broad SMARTS) is 1. The quantitative estimate of drug-likeness (QED) is 0.277. The highest BCUT2D eigenvalue weighted by molar-refractivity contribution is 7.90. The van der Waals surface area contributed by atoms with Crippen molar-refractivity contribution in [2.45, 2.75) is 117 Å². The number of alkyl carbamates (subject to hydrolysis) is 1. The number of ether oxygens (including phenoxy) is 1. The van der Waals surface area contributed by atoms with Gasteiger partial charge in [-0.2, -0.15) is 0 Å². The summed E-state index contributed by atoms with van der Waals surface area (Å²) < 4.78 is 19.8. The van der Waals surface area contributed by atoms with Gasteiger partial charge in [0.25, 0.3) is 0 Å². The summed E-state index contributed by atoms with van der Waals surface area (Å²) in [7, 11) is 0. The number of amides is 2.